The Balaban J connectivity index is 1.33. The number of rotatable bonds is 5. The van der Waals surface area contributed by atoms with E-state index in [0.717, 1.165) is 37.4 Å². The van der Waals surface area contributed by atoms with Gasteiger partial charge in [0.05, 0.1) is 6.04 Å². The van der Waals surface area contributed by atoms with Crippen molar-refractivity contribution in [2.45, 2.75) is 51.0 Å². The molecule has 0 N–H and O–H groups in total. The summed E-state index contributed by atoms with van der Waals surface area (Å²) in [6.07, 6.45) is 10.4. The molecule has 1 aromatic carbocycles. The molecule has 134 valence electrons. The van der Waals surface area contributed by atoms with Crippen molar-refractivity contribution in [1.29, 1.82) is 0 Å². The van der Waals surface area contributed by atoms with E-state index in [1.807, 2.05) is 35.2 Å². The number of fused-ring (bicyclic) bond motifs is 1. The molecule has 1 aromatic rings. The minimum atomic E-state index is 0.140. The highest BCUT2D eigenvalue weighted by Crippen LogP contribution is 2.36. The highest BCUT2D eigenvalue weighted by molar-refractivity contribution is 6.06. The van der Waals surface area contributed by atoms with Crippen molar-refractivity contribution in [3.05, 3.63) is 35.9 Å². The summed E-state index contributed by atoms with van der Waals surface area (Å²) >= 11 is 0. The third kappa shape index (κ3) is 3.74. The number of carbonyl (C=O) groups is 1. The van der Waals surface area contributed by atoms with Crippen LogP contribution in [0.5, 0.6) is 5.75 Å². The molecule has 1 atom stereocenters. The second-order valence-corrected chi connectivity index (χ2v) is 7.43. The van der Waals surface area contributed by atoms with Crippen LogP contribution in [0.1, 0.15) is 44.9 Å². The molecular formula is C21H28N2O2. The number of piperidine rings is 1. The topological polar surface area (TPSA) is 32.8 Å². The van der Waals surface area contributed by atoms with Gasteiger partial charge in [-0.2, -0.15) is 0 Å². The quantitative estimate of drug-likeness (QED) is 0.818. The maximum Gasteiger partial charge on any atom is 0.251 e. The fourth-order valence-electron chi connectivity index (χ4n) is 4.35. The average Bonchev–Trinajstić information content (AvgIpc) is 2.99. The molecule has 4 rings (SSSR count). The summed E-state index contributed by atoms with van der Waals surface area (Å²) < 4.78 is 5.90. The fraction of sp³-hybridized carbons (Fsp3) is 0.571. The summed E-state index contributed by atoms with van der Waals surface area (Å²) in [6, 6.07) is 8.34. The monoisotopic (exact) mass is 340 g/mol. The van der Waals surface area contributed by atoms with Crippen molar-refractivity contribution < 1.29 is 9.53 Å². The third-order valence-electron chi connectivity index (χ3n) is 5.72. The average molecular weight is 340 g/mol. The molecule has 0 spiro atoms. The van der Waals surface area contributed by atoms with Gasteiger partial charge in [-0.25, -0.2) is 0 Å². The molecule has 3 aliphatic rings. The standard InChI is InChI=1S/C21H28N2O2/c24-21-16-17-6-2-3-7-20(17)23(21)18-8-10-19(11-9-18)25-15-14-22-12-4-1-5-13-22/h8-11,16,20H,1-7,12-15H2. The Bertz CT molecular complexity index is 632. The molecule has 2 fully saturated rings. The fourth-order valence-corrected chi connectivity index (χ4v) is 4.35. The van der Waals surface area contributed by atoms with Crippen LogP contribution < -0.4 is 9.64 Å². The smallest absolute Gasteiger partial charge is 0.251 e. The zero-order valence-corrected chi connectivity index (χ0v) is 15.0. The van der Waals surface area contributed by atoms with Crippen LogP contribution in [0.3, 0.4) is 0 Å². The second kappa shape index (κ2) is 7.61. The molecule has 1 aliphatic carbocycles. The number of carbonyl (C=O) groups excluding carboxylic acids is 1. The van der Waals surface area contributed by atoms with E-state index in [-0.39, 0.29) is 11.9 Å². The zero-order valence-electron chi connectivity index (χ0n) is 15.0. The maximum absolute atomic E-state index is 12.4. The van der Waals surface area contributed by atoms with Gasteiger partial charge < -0.3 is 9.64 Å². The van der Waals surface area contributed by atoms with E-state index < -0.39 is 0 Å². The van der Waals surface area contributed by atoms with Gasteiger partial charge in [0.25, 0.3) is 5.91 Å². The van der Waals surface area contributed by atoms with Crippen molar-refractivity contribution in [3.8, 4) is 5.75 Å². The Hall–Kier alpha value is -1.81. The first-order chi connectivity index (χ1) is 12.3. The van der Waals surface area contributed by atoms with Crippen LogP contribution in [-0.4, -0.2) is 43.1 Å². The number of hydrogen-bond acceptors (Lipinski definition) is 3. The van der Waals surface area contributed by atoms with Crippen molar-refractivity contribution in [2.24, 2.45) is 0 Å². The van der Waals surface area contributed by atoms with Crippen LogP contribution in [0, 0.1) is 0 Å². The Kier molecular flexibility index (Phi) is 5.07. The second-order valence-electron chi connectivity index (χ2n) is 7.43. The van der Waals surface area contributed by atoms with Gasteiger partial charge in [-0.05, 0) is 75.0 Å². The Morgan fingerprint density at radius 1 is 1.00 bits per heavy atom. The largest absolute Gasteiger partial charge is 0.492 e. The van der Waals surface area contributed by atoms with Crippen molar-refractivity contribution in [3.63, 3.8) is 0 Å². The lowest BCUT2D eigenvalue weighted by Gasteiger charge is -2.30. The lowest BCUT2D eigenvalue weighted by Crippen LogP contribution is -2.36. The van der Waals surface area contributed by atoms with Gasteiger partial charge in [-0.15, -0.1) is 0 Å². The summed E-state index contributed by atoms with van der Waals surface area (Å²) in [5, 5.41) is 0. The summed E-state index contributed by atoms with van der Waals surface area (Å²) in [7, 11) is 0. The van der Waals surface area contributed by atoms with E-state index in [1.54, 1.807) is 0 Å². The summed E-state index contributed by atoms with van der Waals surface area (Å²) in [5.41, 5.74) is 2.31. The maximum atomic E-state index is 12.4. The van der Waals surface area contributed by atoms with Gasteiger partial charge in [0.2, 0.25) is 0 Å². The molecule has 0 bridgehead atoms. The minimum absolute atomic E-state index is 0.140. The summed E-state index contributed by atoms with van der Waals surface area (Å²) in [6.45, 7) is 4.14. The van der Waals surface area contributed by atoms with Gasteiger partial charge in [0, 0.05) is 18.3 Å². The number of ether oxygens (including phenoxy) is 1. The van der Waals surface area contributed by atoms with E-state index in [9.17, 15) is 4.79 Å². The van der Waals surface area contributed by atoms with Crippen LogP contribution in [0.25, 0.3) is 0 Å². The molecule has 1 unspecified atom stereocenters. The van der Waals surface area contributed by atoms with Gasteiger partial charge in [0.15, 0.2) is 0 Å². The van der Waals surface area contributed by atoms with Crippen molar-refractivity contribution in [1.82, 2.24) is 4.90 Å². The highest BCUT2D eigenvalue weighted by atomic mass is 16.5. The molecule has 0 radical (unpaired) electrons. The number of nitrogens with zero attached hydrogens (tertiary/aromatic N) is 2. The predicted molar refractivity (Wildman–Crippen MR) is 100 cm³/mol. The van der Waals surface area contributed by atoms with Gasteiger partial charge in [-0.1, -0.05) is 12.8 Å². The molecule has 1 amide bonds. The third-order valence-corrected chi connectivity index (χ3v) is 5.72. The van der Waals surface area contributed by atoms with Crippen LogP contribution in [-0.2, 0) is 4.79 Å². The molecule has 2 heterocycles. The van der Waals surface area contributed by atoms with Crippen molar-refractivity contribution in [2.75, 3.05) is 31.1 Å². The van der Waals surface area contributed by atoms with Crippen LogP contribution in [0.15, 0.2) is 35.9 Å². The van der Waals surface area contributed by atoms with E-state index in [1.165, 1.54) is 50.8 Å². The summed E-state index contributed by atoms with van der Waals surface area (Å²) in [5.74, 6) is 1.03. The van der Waals surface area contributed by atoms with Gasteiger partial charge in [0.1, 0.15) is 12.4 Å². The predicted octanol–water partition coefficient (Wildman–Crippen LogP) is 3.77. The molecule has 4 nitrogen and oxygen atoms in total. The van der Waals surface area contributed by atoms with E-state index >= 15 is 0 Å². The van der Waals surface area contributed by atoms with E-state index in [0.29, 0.717) is 0 Å². The molecular weight excluding hydrogens is 312 g/mol. The first kappa shape index (κ1) is 16.6. The molecule has 4 heteroatoms. The molecule has 1 saturated carbocycles. The Morgan fingerprint density at radius 3 is 2.60 bits per heavy atom. The number of anilines is 1. The molecule has 25 heavy (non-hydrogen) atoms. The number of benzene rings is 1. The van der Waals surface area contributed by atoms with Crippen LogP contribution >= 0.6 is 0 Å². The van der Waals surface area contributed by atoms with E-state index in [4.69, 9.17) is 4.74 Å². The van der Waals surface area contributed by atoms with Crippen LogP contribution in [0.4, 0.5) is 5.69 Å². The summed E-state index contributed by atoms with van der Waals surface area (Å²) in [4.78, 5) is 16.8. The van der Waals surface area contributed by atoms with Gasteiger partial charge in [-0.3, -0.25) is 9.69 Å². The number of likely N-dealkylation sites (tertiary alicyclic amines) is 1. The first-order valence-electron chi connectivity index (χ1n) is 9.80. The minimum Gasteiger partial charge on any atom is -0.492 e. The Morgan fingerprint density at radius 2 is 1.80 bits per heavy atom. The number of amides is 1. The normalized spacial score (nSPS) is 24.2. The molecule has 0 aromatic heterocycles. The lowest BCUT2D eigenvalue weighted by atomic mass is 9.91. The van der Waals surface area contributed by atoms with Crippen molar-refractivity contribution >= 4 is 11.6 Å². The molecule has 2 aliphatic heterocycles. The number of hydrogen-bond donors (Lipinski definition) is 0. The van der Waals surface area contributed by atoms with E-state index in [2.05, 4.69) is 4.90 Å². The lowest BCUT2D eigenvalue weighted by molar-refractivity contribution is -0.113. The first-order valence-corrected chi connectivity index (χ1v) is 9.80. The Labute approximate surface area is 150 Å². The molecule has 1 saturated heterocycles. The SMILES string of the molecule is O=C1C=C2CCCCC2N1c1ccc(OCCN2CCCCC2)cc1. The van der Waals surface area contributed by atoms with Crippen LogP contribution in [0.2, 0.25) is 0 Å². The zero-order chi connectivity index (χ0) is 17.1. The van der Waals surface area contributed by atoms with Gasteiger partial charge >= 0.3 is 0 Å². The highest BCUT2D eigenvalue weighted by Gasteiger charge is 2.34.